The van der Waals surface area contributed by atoms with Crippen molar-refractivity contribution in [3.8, 4) is 0 Å². The highest BCUT2D eigenvalue weighted by Gasteiger charge is 2.11. The number of rotatable bonds is 3. The molecule has 0 aliphatic rings. The first-order chi connectivity index (χ1) is 8.59. The summed E-state index contributed by atoms with van der Waals surface area (Å²) < 4.78 is 0.427. The van der Waals surface area contributed by atoms with E-state index >= 15 is 0 Å². The highest BCUT2D eigenvalue weighted by atomic mass is 79.9. The summed E-state index contributed by atoms with van der Waals surface area (Å²) in [7, 11) is 0. The van der Waals surface area contributed by atoms with Crippen LogP contribution >= 0.6 is 27.5 Å². The van der Waals surface area contributed by atoms with Crippen molar-refractivity contribution in [3.05, 3.63) is 55.9 Å². The van der Waals surface area contributed by atoms with Crippen LogP contribution in [0.1, 0.15) is 18.5 Å². The highest BCUT2D eigenvalue weighted by Crippen LogP contribution is 2.27. The smallest absolute Gasteiger partial charge is 0.280 e. The van der Waals surface area contributed by atoms with E-state index in [1.54, 1.807) is 6.20 Å². The minimum Gasteiger partial charge on any atom is -0.376 e. The molecule has 0 fully saturated rings. The van der Waals surface area contributed by atoms with Gasteiger partial charge in [0.2, 0.25) is 0 Å². The first kappa shape index (κ1) is 13.1. The van der Waals surface area contributed by atoms with Gasteiger partial charge in [-0.1, -0.05) is 29.8 Å². The summed E-state index contributed by atoms with van der Waals surface area (Å²) >= 11 is 9.34. The Morgan fingerprint density at radius 1 is 1.44 bits per heavy atom. The lowest BCUT2D eigenvalue weighted by Gasteiger charge is -2.17. The molecule has 0 aliphatic heterocycles. The zero-order valence-electron chi connectivity index (χ0n) is 9.58. The van der Waals surface area contributed by atoms with Crippen molar-refractivity contribution in [2.45, 2.75) is 13.0 Å². The van der Waals surface area contributed by atoms with Crippen LogP contribution in [0.3, 0.4) is 0 Å². The molecule has 4 nitrogen and oxygen atoms in total. The number of nitrogens with one attached hydrogen (secondary N) is 2. The summed E-state index contributed by atoms with van der Waals surface area (Å²) in [6.07, 6.45) is 1.55. The lowest BCUT2D eigenvalue weighted by atomic mass is 10.1. The summed E-state index contributed by atoms with van der Waals surface area (Å²) in [5, 5.41) is 9.98. The molecule has 0 saturated heterocycles. The van der Waals surface area contributed by atoms with Gasteiger partial charge in [-0.15, -0.1) is 0 Å². The van der Waals surface area contributed by atoms with E-state index in [0.717, 1.165) is 5.56 Å². The van der Waals surface area contributed by atoms with Crippen LogP contribution in [0, 0.1) is 0 Å². The molecule has 2 N–H and O–H groups in total. The van der Waals surface area contributed by atoms with Crippen molar-refractivity contribution in [2.75, 3.05) is 5.32 Å². The topological polar surface area (TPSA) is 57.8 Å². The maximum Gasteiger partial charge on any atom is 0.280 e. The van der Waals surface area contributed by atoms with Gasteiger partial charge < -0.3 is 5.32 Å². The monoisotopic (exact) mass is 327 g/mol. The molecule has 0 amide bonds. The standard InChI is InChI=1S/C12H11BrClN3O/c1-7(8-4-2-3-5-9(8)14)16-10-6-15-17-12(18)11(10)13/h2-7H,1H3,(H2,16,17,18). The largest absolute Gasteiger partial charge is 0.376 e. The molecule has 6 heteroatoms. The average molecular weight is 329 g/mol. The van der Waals surface area contributed by atoms with Crippen molar-refractivity contribution < 1.29 is 0 Å². The maximum atomic E-state index is 11.4. The maximum absolute atomic E-state index is 11.4. The Morgan fingerprint density at radius 3 is 2.89 bits per heavy atom. The average Bonchev–Trinajstić information content (AvgIpc) is 2.35. The van der Waals surface area contributed by atoms with E-state index in [9.17, 15) is 4.79 Å². The van der Waals surface area contributed by atoms with Crippen molar-refractivity contribution in [3.63, 3.8) is 0 Å². The molecule has 1 unspecified atom stereocenters. The van der Waals surface area contributed by atoms with Crippen molar-refractivity contribution in [2.24, 2.45) is 0 Å². The summed E-state index contributed by atoms with van der Waals surface area (Å²) in [5.41, 5.74) is 1.32. The zero-order valence-corrected chi connectivity index (χ0v) is 11.9. The molecular formula is C12H11BrClN3O. The number of hydrogen-bond acceptors (Lipinski definition) is 3. The molecule has 1 aromatic heterocycles. The van der Waals surface area contributed by atoms with Crippen LogP contribution in [0.4, 0.5) is 5.69 Å². The van der Waals surface area contributed by atoms with E-state index in [0.29, 0.717) is 15.2 Å². The van der Waals surface area contributed by atoms with E-state index in [1.165, 1.54) is 0 Å². The fourth-order valence-electron chi connectivity index (χ4n) is 1.62. The molecule has 1 aromatic carbocycles. The highest BCUT2D eigenvalue weighted by molar-refractivity contribution is 9.10. The predicted octanol–water partition coefficient (Wildman–Crippen LogP) is 3.36. The molecule has 0 bridgehead atoms. The van der Waals surface area contributed by atoms with Crippen molar-refractivity contribution >= 4 is 33.2 Å². The fraction of sp³-hybridized carbons (Fsp3) is 0.167. The molecule has 0 spiro atoms. The Bertz CT molecular complexity index is 614. The Hall–Kier alpha value is -1.33. The molecule has 0 saturated carbocycles. The van der Waals surface area contributed by atoms with Crippen molar-refractivity contribution in [1.82, 2.24) is 10.2 Å². The van der Waals surface area contributed by atoms with Gasteiger partial charge >= 0.3 is 0 Å². The van der Waals surface area contributed by atoms with Gasteiger partial charge in [0.1, 0.15) is 4.47 Å². The SMILES string of the molecule is CC(Nc1cn[nH]c(=O)c1Br)c1ccccc1Cl. The first-order valence-corrected chi connectivity index (χ1v) is 6.51. The minimum absolute atomic E-state index is 0.0291. The van der Waals surface area contributed by atoms with E-state index in [-0.39, 0.29) is 11.6 Å². The molecule has 2 aromatic rings. The predicted molar refractivity (Wildman–Crippen MR) is 76.0 cm³/mol. The Kier molecular flexibility index (Phi) is 4.04. The van der Waals surface area contributed by atoms with Crippen LogP contribution in [0.5, 0.6) is 0 Å². The molecule has 2 rings (SSSR count). The third-order valence-corrected chi connectivity index (χ3v) is 3.67. The van der Waals surface area contributed by atoms with Crippen LogP contribution < -0.4 is 10.9 Å². The van der Waals surface area contributed by atoms with Gasteiger partial charge in [0.15, 0.2) is 0 Å². The second-order valence-corrected chi connectivity index (χ2v) is 5.01. The molecule has 0 radical (unpaired) electrons. The van der Waals surface area contributed by atoms with Gasteiger partial charge in [-0.3, -0.25) is 4.79 Å². The van der Waals surface area contributed by atoms with Gasteiger partial charge in [-0.05, 0) is 34.5 Å². The van der Waals surface area contributed by atoms with E-state index in [1.807, 2.05) is 31.2 Å². The van der Waals surface area contributed by atoms with Gasteiger partial charge in [0.25, 0.3) is 5.56 Å². The molecule has 1 atom stereocenters. The van der Waals surface area contributed by atoms with E-state index < -0.39 is 0 Å². The second kappa shape index (κ2) is 5.54. The van der Waals surface area contributed by atoms with E-state index in [4.69, 9.17) is 11.6 Å². The van der Waals surface area contributed by atoms with Crippen LogP contribution in [0.15, 0.2) is 39.7 Å². The van der Waals surface area contributed by atoms with Gasteiger partial charge in [0, 0.05) is 5.02 Å². The van der Waals surface area contributed by atoms with Crippen LogP contribution in [-0.2, 0) is 0 Å². The molecular weight excluding hydrogens is 318 g/mol. The summed E-state index contributed by atoms with van der Waals surface area (Å²) in [6.45, 7) is 1.97. The van der Waals surface area contributed by atoms with Gasteiger partial charge in [0.05, 0.1) is 17.9 Å². The van der Waals surface area contributed by atoms with Crippen LogP contribution in [-0.4, -0.2) is 10.2 Å². The number of aromatic amines is 1. The molecule has 0 aliphatic carbocycles. The summed E-state index contributed by atoms with van der Waals surface area (Å²) in [5.74, 6) is 0. The fourth-order valence-corrected chi connectivity index (χ4v) is 2.23. The molecule has 18 heavy (non-hydrogen) atoms. The first-order valence-electron chi connectivity index (χ1n) is 5.33. The van der Waals surface area contributed by atoms with E-state index in [2.05, 4.69) is 31.4 Å². The number of halogens is 2. The number of nitrogens with zero attached hydrogens (tertiary/aromatic N) is 1. The minimum atomic E-state index is -0.272. The van der Waals surface area contributed by atoms with Gasteiger partial charge in [-0.2, -0.15) is 5.10 Å². The number of H-pyrrole nitrogens is 1. The summed E-state index contributed by atoms with van der Waals surface area (Å²) in [4.78, 5) is 11.4. The molecule has 94 valence electrons. The quantitative estimate of drug-likeness (QED) is 0.908. The Labute approximate surface area is 118 Å². The molecule has 1 heterocycles. The normalized spacial score (nSPS) is 12.2. The van der Waals surface area contributed by atoms with Crippen LogP contribution in [0.2, 0.25) is 5.02 Å². The van der Waals surface area contributed by atoms with Gasteiger partial charge in [-0.25, -0.2) is 5.10 Å². The van der Waals surface area contributed by atoms with Crippen LogP contribution in [0.25, 0.3) is 0 Å². The lowest BCUT2D eigenvalue weighted by Crippen LogP contribution is -2.14. The Balaban J connectivity index is 2.27. The third kappa shape index (κ3) is 2.73. The Morgan fingerprint density at radius 2 is 2.17 bits per heavy atom. The summed E-state index contributed by atoms with van der Waals surface area (Å²) in [6, 6.07) is 7.54. The number of benzene rings is 1. The van der Waals surface area contributed by atoms with Crippen molar-refractivity contribution in [1.29, 1.82) is 0 Å². The third-order valence-electron chi connectivity index (χ3n) is 2.54. The lowest BCUT2D eigenvalue weighted by molar-refractivity contribution is 0.871. The number of anilines is 1. The second-order valence-electron chi connectivity index (χ2n) is 3.81. The number of aromatic nitrogens is 2. The number of hydrogen-bond donors (Lipinski definition) is 2. The zero-order chi connectivity index (χ0) is 13.1.